The number of hydrogen-bond donors (Lipinski definition) is 2. The number of carboxylic acids is 1. The van der Waals surface area contributed by atoms with Crippen molar-refractivity contribution in [1.82, 2.24) is 5.32 Å². The van der Waals surface area contributed by atoms with Gasteiger partial charge in [0.2, 0.25) is 5.91 Å². The maximum atomic E-state index is 11.8. The molecule has 0 aliphatic heterocycles. The lowest BCUT2D eigenvalue weighted by molar-refractivity contribution is -0.151. The van der Waals surface area contributed by atoms with Gasteiger partial charge >= 0.3 is 5.97 Å². The van der Waals surface area contributed by atoms with Crippen LogP contribution in [-0.2, 0) is 16.0 Å². The third-order valence-electron chi connectivity index (χ3n) is 3.62. The lowest BCUT2D eigenvalue weighted by atomic mass is 9.76. The second kappa shape index (κ2) is 5.74. The molecule has 0 bridgehead atoms. The summed E-state index contributed by atoms with van der Waals surface area (Å²) >= 11 is 1.75. The molecule has 1 aromatic heterocycles. The second-order valence-corrected chi connectivity index (χ2v) is 6.53. The van der Waals surface area contributed by atoms with Crippen molar-refractivity contribution in [1.29, 1.82) is 0 Å². The highest BCUT2D eigenvalue weighted by atomic mass is 32.1. The minimum atomic E-state index is -0.976. The molecule has 1 aromatic rings. The average molecular weight is 281 g/mol. The number of thiophene rings is 1. The maximum Gasteiger partial charge on any atom is 0.329 e. The Morgan fingerprint density at radius 3 is 2.63 bits per heavy atom. The minimum absolute atomic E-state index is 0.143. The van der Waals surface area contributed by atoms with Crippen LogP contribution in [0.3, 0.4) is 0 Å². The summed E-state index contributed by atoms with van der Waals surface area (Å²) in [4.78, 5) is 25.5. The fourth-order valence-electron chi connectivity index (χ4n) is 2.29. The Kier molecular flexibility index (Phi) is 4.24. The number of carboxylic acid groups (broad SMARTS) is 1. The molecule has 0 unspecified atom stereocenters. The number of aryl methyl sites for hydroxylation is 2. The lowest BCUT2D eigenvalue weighted by Crippen LogP contribution is -2.59. The van der Waals surface area contributed by atoms with Gasteiger partial charge in [-0.1, -0.05) is 0 Å². The van der Waals surface area contributed by atoms with Crippen LogP contribution in [0.4, 0.5) is 0 Å². The molecular weight excluding hydrogens is 262 g/mol. The minimum Gasteiger partial charge on any atom is -0.480 e. The number of amides is 1. The molecule has 2 N–H and O–H groups in total. The Morgan fingerprint density at radius 2 is 2.16 bits per heavy atom. The van der Waals surface area contributed by atoms with Crippen molar-refractivity contribution >= 4 is 23.2 Å². The van der Waals surface area contributed by atoms with E-state index in [1.165, 1.54) is 9.75 Å². The van der Waals surface area contributed by atoms with E-state index >= 15 is 0 Å². The summed E-state index contributed by atoms with van der Waals surface area (Å²) in [5.74, 6) is -1.05. The van der Waals surface area contributed by atoms with Crippen LogP contribution in [0.2, 0.25) is 0 Å². The van der Waals surface area contributed by atoms with E-state index in [-0.39, 0.29) is 5.91 Å². The van der Waals surface area contributed by atoms with Crippen molar-refractivity contribution in [2.24, 2.45) is 0 Å². The van der Waals surface area contributed by atoms with Crippen LogP contribution in [0.15, 0.2) is 12.1 Å². The number of aliphatic carboxylic acids is 1. The van der Waals surface area contributed by atoms with E-state index in [1.807, 2.05) is 0 Å². The zero-order valence-corrected chi connectivity index (χ0v) is 11.9. The summed E-state index contributed by atoms with van der Waals surface area (Å²) in [6, 6.07) is 4.16. The van der Waals surface area contributed by atoms with E-state index in [0.717, 1.165) is 19.3 Å². The summed E-state index contributed by atoms with van der Waals surface area (Å²) in [6.07, 6.45) is 4.02. The van der Waals surface area contributed by atoms with Gasteiger partial charge in [-0.15, -0.1) is 11.3 Å². The van der Waals surface area contributed by atoms with Gasteiger partial charge in [0.15, 0.2) is 0 Å². The largest absolute Gasteiger partial charge is 0.480 e. The molecule has 0 atom stereocenters. The molecule has 5 heteroatoms. The number of nitrogens with one attached hydrogen (secondary N) is 1. The Labute approximate surface area is 116 Å². The predicted octanol–water partition coefficient (Wildman–Crippen LogP) is 2.50. The number of hydrogen-bond acceptors (Lipinski definition) is 3. The quantitative estimate of drug-likeness (QED) is 0.842. The van der Waals surface area contributed by atoms with Gasteiger partial charge in [-0.25, -0.2) is 4.79 Å². The van der Waals surface area contributed by atoms with Gasteiger partial charge in [0.05, 0.1) is 0 Å². The highest BCUT2D eigenvalue weighted by Crippen LogP contribution is 2.32. The van der Waals surface area contributed by atoms with E-state index in [9.17, 15) is 9.59 Å². The Balaban J connectivity index is 1.74. The first-order valence-electron chi connectivity index (χ1n) is 6.62. The van der Waals surface area contributed by atoms with Crippen LogP contribution in [0.5, 0.6) is 0 Å². The van der Waals surface area contributed by atoms with Crippen LogP contribution < -0.4 is 5.32 Å². The molecule has 1 aliphatic rings. The molecule has 1 fully saturated rings. The topological polar surface area (TPSA) is 66.4 Å². The highest BCUT2D eigenvalue weighted by molar-refractivity contribution is 7.11. The van der Waals surface area contributed by atoms with Crippen LogP contribution >= 0.6 is 11.3 Å². The fraction of sp³-hybridized carbons (Fsp3) is 0.571. The van der Waals surface area contributed by atoms with E-state index in [2.05, 4.69) is 24.4 Å². The molecule has 0 spiro atoms. The molecule has 0 radical (unpaired) electrons. The monoisotopic (exact) mass is 281 g/mol. The first-order chi connectivity index (χ1) is 9.02. The van der Waals surface area contributed by atoms with Crippen molar-refractivity contribution in [3.8, 4) is 0 Å². The van der Waals surface area contributed by atoms with Crippen LogP contribution in [0.25, 0.3) is 0 Å². The molecule has 4 nitrogen and oxygen atoms in total. The van der Waals surface area contributed by atoms with Crippen molar-refractivity contribution < 1.29 is 14.7 Å². The zero-order valence-electron chi connectivity index (χ0n) is 11.1. The SMILES string of the molecule is Cc1ccc(CCCC(=O)NC2(C(=O)O)CCC2)s1. The Bertz CT molecular complexity index is 477. The van der Waals surface area contributed by atoms with Crippen LogP contribution in [-0.4, -0.2) is 22.5 Å². The van der Waals surface area contributed by atoms with Crippen LogP contribution in [0, 0.1) is 6.92 Å². The molecule has 19 heavy (non-hydrogen) atoms. The number of carbonyl (C=O) groups excluding carboxylic acids is 1. The summed E-state index contributed by atoms with van der Waals surface area (Å²) in [6.45, 7) is 2.06. The molecule has 0 saturated heterocycles. The van der Waals surface area contributed by atoms with E-state index in [1.54, 1.807) is 11.3 Å². The van der Waals surface area contributed by atoms with Gasteiger partial charge in [0.1, 0.15) is 5.54 Å². The first kappa shape index (κ1) is 14.1. The van der Waals surface area contributed by atoms with Gasteiger partial charge in [-0.2, -0.15) is 0 Å². The zero-order chi connectivity index (χ0) is 13.9. The van der Waals surface area contributed by atoms with Crippen molar-refractivity contribution in [3.05, 3.63) is 21.9 Å². The molecule has 0 aromatic carbocycles. The van der Waals surface area contributed by atoms with Crippen molar-refractivity contribution in [2.45, 2.75) is 51.0 Å². The van der Waals surface area contributed by atoms with Gasteiger partial charge in [-0.3, -0.25) is 4.79 Å². The third-order valence-corrected chi connectivity index (χ3v) is 4.68. The first-order valence-corrected chi connectivity index (χ1v) is 7.43. The predicted molar refractivity (Wildman–Crippen MR) is 74.4 cm³/mol. The van der Waals surface area contributed by atoms with Gasteiger partial charge in [0, 0.05) is 16.2 Å². The fourth-order valence-corrected chi connectivity index (χ4v) is 3.23. The lowest BCUT2D eigenvalue weighted by Gasteiger charge is -2.38. The van der Waals surface area contributed by atoms with E-state index < -0.39 is 11.5 Å². The van der Waals surface area contributed by atoms with E-state index in [4.69, 9.17) is 5.11 Å². The van der Waals surface area contributed by atoms with Crippen LogP contribution in [0.1, 0.15) is 41.9 Å². The van der Waals surface area contributed by atoms with Crippen molar-refractivity contribution in [2.75, 3.05) is 0 Å². The molecule has 1 saturated carbocycles. The highest BCUT2D eigenvalue weighted by Gasteiger charge is 2.45. The van der Waals surface area contributed by atoms with Crippen molar-refractivity contribution in [3.63, 3.8) is 0 Å². The Morgan fingerprint density at radius 1 is 1.42 bits per heavy atom. The molecule has 1 aliphatic carbocycles. The summed E-state index contributed by atoms with van der Waals surface area (Å²) in [5, 5.41) is 11.8. The smallest absolute Gasteiger partial charge is 0.329 e. The second-order valence-electron chi connectivity index (χ2n) is 5.15. The van der Waals surface area contributed by atoms with Gasteiger partial charge in [0.25, 0.3) is 0 Å². The number of carbonyl (C=O) groups is 2. The summed E-state index contributed by atoms with van der Waals surface area (Å²) in [7, 11) is 0. The number of rotatable bonds is 6. The van der Waals surface area contributed by atoms with Gasteiger partial charge in [-0.05, 0) is 51.2 Å². The molecular formula is C14H19NO3S. The molecule has 104 valence electrons. The summed E-state index contributed by atoms with van der Waals surface area (Å²) in [5.41, 5.74) is -0.976. The third kappa shape index (κ3) is 3.35. The molecule has 1 heterocycles. The normalized spacial score (nSPS) is 16.7. The molecule has 1 amide bonds. The average Bonchev–Trinajstić information content (AvgIpc) is 2.69. The standard InChI is InChI=1S/C14H19NO3S/c1-10-6-7-11(19-10)4-2-5-12(16)15-14(13(17)18)8-3-9-14/h6-7H,2-5,8-9H2,1H3,(H,15,16)(H,17,18). The maximum absolute atomic E-state index is 11.8. The van der Waals surface area contributed by atoms with Gasteiger partial charge < -0.3 is 10.4 Å². The Hall–Kier alpha value is -1.36. The molecule has 2 rings (SSSR count). The summed E-state index contributed by atoms with van der Waals surface area (Å²) < 4.78 is 0. The van der Waals surface area contributed by atoms with E-state index in [0.29, 0.717) is 19.3 Å².